The summed E-state index contributed by atoms with van der Waals surface area (Å²) in [6, 6.07) is 1.98. The number of aliphatic imine (C=N–C) groups is 1. The Balaban J connectivity index is 1.36. The average molecular weight is 475 g/mol. The summed E-state index contributed by atoms with van der Waals surface area (Å²) in [5.41, 5.74) is 3.83. The number of aryl methyl sites for hydroxylation is 1. The van der Waals surface area contributed by atoms with E-state index in [0.717, 1.165) is 37.6 Å². The normalized spacial score (nSPS) is 17.2. The third-order valence-electron chi connectivity index (χ3n) is 6.04. The van der Waals surface area contributed by atoms with E-state index in [4.69, 9.17) is 0 Å². The molecule has 1 aliphatic heterocycles. The van der Waals surface area contributed by atoms with Gasteiger partial charge in [0.15, 0.2) is 0 Å². The number of pyridine rings is 1. The van der Waals surface area contributed by atoms with Gasteiger partial charge >= 0.3 is 6.18 Å². The summed E-state index contributed by atoms with van der Waals surface area (Å²) in [6.45, 7) is 0.272. The minimum Gasteiger partial charge on any atom is -0.345 e. The molecule has 172 valence electrons. The molecule has 0 spiro atoms. The van der Waals surface area contributed by atoms with E-state index >= 15 is 0 Å². The third-order valence-corrected chi connectivity index (χ3v) is 7.20. The van der Waals surface area contributed by atoms with Crippen molar-refractivity contribution in [2.45, 2.75) is 38.4 Å². The maximum Gasteiger partial charge on any atom is 0.390 e. The highest BCUT2D eigenvalue weighted by atomic mass is 32.1. The van der Waals surface area contributed by atoms with E-state index in [0.29, 0.717) is 31.6 Å². The van der Waals surface area contributed by atoms with Crippen molar-refractivity contribution in [2.24, 2.45) is 10.9 Å². The molecule has 0 unspecified atom stereocenters. The van der Waals surface area contributed by atoms with Gasteiger partial charge in [0.2, 0.25) is 5.91 Å². The van der Waals surface area contributed by atoms with Crippen molar-refractivity contribution in [3.63, 3.8) is 0 Å². The Labute approximate surface area is 191 Å². The summed E-state index contributed by atoms with van der Waals surface area (Å²) >= 11 is 1.52. The molecule has 1 aliphatic carbocycles. The summed E-state index contributed by atoms with van der Waals surface area (Å²) < 4.78 is 37.6. The number of carbonyl (C=O) groups is 1. The topological polar surface area (TPSA) is 83.4 Å². The Kier molecular flexibility index (Phi) is 5.51. The van der Waals surface area contributed by atoms with Gasteiger partial charge in [0.25, 0.3) is 0 Å². The Morgan fingerprint density at radius 1 is 1.30 bits per heavy atom. The van der Waals surface area contributed by atoms with Crippen LogP contribution in [0.2, 0.25) is 0 Å². The summed E-state index contributed by atoms with van der Waals surface area (Å²) in [4.78, 5) is 33.4. The minimum absolute atomic E-state index is 0.238. The number of nitrogens with zero attached hydrogens (tertiary/aromatic N) is 5. The standard InChI is InChI=1S/C22H21F3N6OS/c1-31(5-4-22(23,24)25)21(32)12-2-3-15-17(7-12)33-20-18(15)19(28-11-29-20)30-14-6-13-8-26-10-16(13)27-9-14/h6,8-9,11-12H,2-5,7,10H2,1H3,(H,28,29,30)/t12-/m0/s1. The van der Waals surface area contributed by atoms with Crippen LogP contribution in [-0.4, -0.2) is 51.7 Å². The smallest absolute Gasteiger partial charge is 0.345 e. The molecule has 1 atom stereocenters. The Bertz CT molecular complexity index is 1250. The fraction of sp³-hybridized carbons (Fsp3) is 0.409. The van der Waals surface area contributed by atoms with Gasteiger partial charge in [0.1, 0.15) is 17.0 Å². The molecule has 4 heterocycles. The summed E-state index contributed by atoms with van der Waals surface area (Å²) in [5, 5.41) is 4.28. The minimum atomic E-state index is -4.27. The van der Waals surface area contributed by atoms with E-state index < -0.39 is 12.6 Å². The Hall–Kier alpha value is -3.08. The van der Waals surface area contributed by atoms with Crippen LogP contribution in [0.4, 0.5) is 24.7 Å². The maximum atomic E-state index is 12.7. The molecule has 2 aliphatic rings. The zero-order chi connectivity index (χ0) is 23.2. The molecule has 0 saturated carbocycles. The van der Waals surface area contributed by atoms with Crippen LogP contribution in [0, 0.1) is 5.92 Å². The van der Waals surface area contributed by atoms with Gasteiger partial charge in [-0.1, -0.05) is 0 Å². The Morgan fingerprint density at radius 2 is 2.15 bits per heavy atom. The molecule has 3 aromatic heterocycles. The van der Waals surface area contributed by atoms with Gasteiger partial charge in [-0.2, -0.15) is 13.2 Å². The summed E-state index contributed by atoms with van der Waals surface area (Å²) in [7, 11) is 1.44. The average Bonchev–Trinajstić information content (AvgIpc) is 3.40. The lowest BCUT2D eigenvalue weighted by molar-refractivity contribution is -0.146. The number of halogens is 3. The summed E-state index contributed by atoms with van der Waals surface area (Å²) in [5.74, 6) is 0.118. The van der Waals surface area contributed by atoms with Crippen LogP contribution in [0.1, 0.15) is 34.5 Å². The molecule has 0 radical (unpaired) electrons. The zero-order valence-corrected chi connectivity index (χ0v) is 18.6. The molecule has 0 bridgehead atoms. The second-order valence-electron chi connectivity index (χ2n) is 8.33. The van der Waals surface area contributed by atoms with E-state index in [1.165, 1.54) is 29.6 Å². The van der Waals surface area contributed by atoms with Crippen LogP contribution in [0.3, 0.4) is 0 Å². The third kappa shape index (κ3) is 4.41. The monoisotopic (exact) mass is 474 g/mol. The van der Waals surface area contributed by atoms with Crippen molar-refractivity contribution in [2.75, 3.05) is 18.9 Å². The van der Waals surface area contributed by atoms with Crippen LogP contribution in [0.25, 0.3) is 10.2 Å². The fourth-order valence-electron chi connectivity index (χ4n) is 4.32. The van der Waals surface area contributed by atoms with Gasteiger partial charge in [-0.15, -0.1) is 11.3 Å². The van der Waals surface area contributed by atoms with Gasteiger partial charge in [-0.3, -0.25) is 14.8 Å². The molecule has 1 N–H and O–H groups in total. The van der Waals surface area contributed by atoms with Gasteiger partial charge in [-0.25, -0.2) is 9.97 Å². The van der Waals surface area contributed by atoms with Crippen molar-refractivity contribution < 1.29 is 18.0 Å². The number of fused-ring (bicyclic) bond motifs is 4. The quantitative estimate of drug-likeness (QED) is 0.597. The van der Waals surface area contributed by atoms with Crippen molar-refractivity contribution in [1.82, 2.24) is 19.9 Å². The first-order valence-corrected chi connectivity index (χ1v) is 11.4. The van der Waals surface area contributed by atoms with Crippen LogP contribution in [-0.2, 0) is 24.2 Å². The number of amides is 1. The van der Waals surface area contributed by atoms with Crippen molar-refractivity contribution in [3.05, 3.63) is 40.3 Å². The number of carbonyl (C=O) groups excluding carboxylic acids is 1. The number of nitrogens with one attached hydrogen (secondary N) is 1. The van der Waals surface area contributed by atoms with E-state index in [1.807, 2.05) is 6.07 Å². The molecule has 0 aromatic carbocycles. The molecular weight excluding hydrogens is 453 g/mol. The molecule has 33 heavy (non-hydrogen) atoms. The molecule has 11 heteroatoms. The zero-order valence-electron chi connectivity index (χ0n) is 17.8. The highest BCUT2D eigenvalue weighted by molar-refractivity contribution is 7.19. The van der Waals surface area contributed by atoms with Crippen LogP contribution >= 0.6 is 11.3 Å². The molecule has 3 aromatic rings. The lowest BCUT2D eigenvalue weighted by atomic mass is 9.87. The molecule has 0 saturated heterocycles. The molecular formula is C22H21F3N6OS. The number of rotatable bonds is 5. The maximum absolute atomic E-state index is 12.7. The highest BCUT2D eigenvalue weighted by Gasteiger charge is 2.33. The number of aromatic nitrogens is 3. The van der Waals surface area contributed by atoms with Gasteiger partial charge in [0.05, 0.1) is 35.9 Å². The molecule has 1 amide bonds. The van der Waals surface area contributed by atoms with Crippen molar-refractivity contribution >= 4 is 45.2 Å². The summed E-state index contributed by atoms with van der Waals surface area (Å²) in [6.07, 6.45) is 1.52. The number of hydrogen-bond acceptors (Lipinski definition) is 7. The molecule has 7 nitrogen and oxygen atoms in total. The van der Waals surface area contributed by atoms with Crippen LogP contribution < -0.4 is 5.32 Å². The van der Waals surface area contributed by atoms with Gasteiger partial charge in [-0.05, 0) is 30.9 Å². The van der Waals surface area contributed by atoms with Gasteiger partial charge in [0, 0.05) is 36.2 Å². The van der Waals surface area contributed by atoms with Gasteiger partial charge < -0.3 is 10.2 Å². The molecule has 0 fully saturated rings. The highest BCUT2D eigenvalue weighted by Crippen LogP contribution is 2.41. The number of hydrogen-bond donors (Lipinski definition) is 1. The van der Waals surface area contributed by atoms with Crippen molar-refractivity contribution in [3.8, 4) is 0 Å². The second-order valence-corrected chi connectivity index (χ2v) is 9.41. The van der Waals surface area contributed by atoms with E-state index in [-0.39, 0.29) is 18.4 Å². The fourth-order valence-corrected chi connectivity index (χ4v) is 5.59. The number of alkyl halides is 3. The van der Waals surface area contributed by atoms with Crippen LogP contribution in [0.15, 0.2) is 23.6 Å². The largest absolute Gasteiger partial charge is 0.390 e. The lowest BCUT2D eigenvalue weighted by Gasteiger charge is -2.27. The first kappa shape index (κ1) is 21.7. The van der Waals surface area contributed by atoms with E-state index in [2.05, 4.69) is 25.3 Å². The lowest BCUT2D eigenvalue weighted by Crippen LogP contribution is -2.37. The predicted molar refractivity (Wildman–Crippen MR) is 120 cm³/mol. The van der Waals surface area contributed by atoms with E-state index in [9.17, 15) is 18.0 Å². The predicted octanol–water partition coefficient (Wildman–Crippen LogP) is 4.28. The Morgan fingerprint density at radius 3 is 2.97 bits per heavy atom. The number of anilines is 2. The van der Waals surface area contributed by atoms with Crippen molar-refractivity contribution in [1.29, 1.82) is 0 Å². The number of thiophene rings is 1. The molecule has 5 rings (SSSR count). The first-order valence-electron chi connectivity index (χ1n) is 10.6. The van der Waals surface area contributed by atoms with Crippen LogP contribution in [0.5, 0.6) is 0 Å². The second kappa shape index (κ2) is 8.36. The first-order chi connectivity index (χ1) is 15.8. The SMILES string of the molecule is CN(CCC(F)(F)F)C(=O)[C@H]1CCc2c(sc3ncnc(Nc4cnc5c(c4)C=NC5)c23)C1. The van der Waals surface area contributed by atoms with E-state index in [1.54, 1.807) is 12.4 Å².